The molecule has 110 valence electrons. The number of ether oxygens (including phenoxy) is 1. The topological polar surface area (TPSA) is 77.2 Å². The molecule has 0 aliphatic rings. The van der Waals surface area contributed by atoms with Gasteiger partial charge in [-0.3, -0.25) is 4.79 Å². The molecule has 0 radical (unpaired) electrons. The molecule has 0 bridgehead atoms. The summed E-state index contributed by atoms with van der Waals surface area (Å²) in [6, 6.07) is 6.97. The van der Waals surface area contributed by atoms with Crippen LogP contribution in [0.5, 0.6) is 5.75 Å². The Morgan fingerprint density at radius 1 is 1.48 bits per heavy atom. The van der Waals surface area contributed by atoms with Crippen LogP contribution in [0.3, 0.4) is 0 Å². The maximum Gasteiger partial charge on any atom is 0.260 e. The van der Waals surface area contributed by atoms with Crippen LogP contribution in [0.4, 0.5) is 11.5 Å². The molecule has 1 heterocycles. The number of hydrogen-bond donors (Lipinski definition) is 2. The Balaban J connectivity index is 2.30. The first kappa shape index (κ1) is 15.3. The number of halogens is 1. The Labute approximate surface area is 131 Å². The highest BCUT2D eigenvalue weighted by atomic mass is 79.9. The van der Waals surface area contributed by atoms with Crippen LogP contribution < -0.4 is 15.8 Å². The standard InChI is InChI=1S/C15H16BrN3O2/c1-3-21-13-11(5-4-6-12(13)17)15(20)19-14-9(2)7-10(16)8-18-14/h4-8H,3,17H2,1-2H3,(H,18,19,20). The van der Waals surface area contributed by atoms with Gasteiger partial charge in [0.05, 0.1) is 17.9 Å². The van der Waals surface area contributed by atoms with Crippen molar-refractivity contribution in [2.45, 2.75) is 13.8 Å². The first-order valence-electron chi connectivity index (χ1n) is 6.47. The number of aryl methyl sites for hydroxylation is 1. The molecular weight excluding hydrogens is 334 g/mol. The minimum atomic E-state index is -0.302. The summed E-state index contributed by atoms with van der Waals surface area (Å²) >= 11 is 3.34. The van der Waals surface area contributed by atoms with E-state index in [2.05, 4.69) is 26.2 Å². The molecule has 5 nitrogen and oxygen atoms in total. The maximum absolute atomic E-state index is 12.4. The predicted octanol–water partition coefficient (Wildman–Crippen LogP) is 3.39. The number of para-hydroxylation sites is 1. The Kier molecular flexibility index (Phi) is 4.80. The Morgan fingerprint density at radius 2 is 2.24 bits per heavy atom. The van der Waals surface area contributed by atoms with Crippen LogP contribution in [0.25, 0.3) is 0 Å². The SMILES string of the molecule is CCOc1c(N)cccc1C(=O)Nc1ncc(Br)cc1C. The Bertz CT molecular complexity index is 674. The number of rotatable bonds is 4. The van der Waals surface area contributed by atoms with Gasteiger partial charge < -0.3 is 15.8 Å². The van der Waals surface area contributed by atoms with E-state index < -0.39 is 0 Å². The number of nitrogens with zero attached hydrogens (tertiary/aromatic N) is 1. The minimum Gasteiger partial charge on any atom is -0.491 e. The summed E-state index contributed by atoms with van der Waals surface area (Å²) in [6.45, 7) is 4.15. The van der Waals surface area contributed by atoms with Crippen LogP contribution in [0.2, 0.25) is 0 Å². The molecular formula is C15H16BrN3O2. The molecule has 0 aliphatic heterocycles. The summed E-state index contributed by atoms with van der Waals surface area (Å²) in [5.41, 5.74) is 7.55. The average molecular weight is 350 g/mol. The van der Waals surface area contributed by atoms with E-state index in [1.165, 1.54) is 0 Å². The third-order valence-electron chi connectivity index (χ3n) is 2.86. The molecule has 0 saturated heterocycles. The highest BCUT2D eigenvalue weighted by molar-refractivity contribution is 9.10. The first-order valence-corrected chi connectivity index (χ1v) is 7.27. The number of nitrogens with two attached hydrogens (primary N) is 1. The lowest BCUT2D eigenvalue weighted by Crippen LogP contribution is -2.16. The van der Waals surface area contributed by atoms with Gasteiger partial charge in [0.1, 0.15) is 5.82 Å². The molecule has 21 heavy (non-hydrogen) atoms. The number of anilines is 2. The average Bonchev–Trinajstić information content (AvgIpc) is 2.44. The van der Waals surface area contributed by atoms with Gasteiger partial charge in [-0.05, 0) is 53.5 Å². The number of hydrogen-bond acceptors (Lipinski definition) is 4. The number of carbonyl (C=O) groups excluding carboxylic acids is 1. The van der Waals surface area contributed by atoms with E-state index in [0.717, 1.165) is 10.0 Å². The lowest BCUT2D eigenvalue weighted by molar-refractivity contribution is 0.102. The van der Waals surface area contributed by atoms with Crippen LogP contribution in [-0.4, -0.2) is 17.5 Å². The smallest absolute Gasteiger partial charge is 0.260 e. The highest BCUT2D eigenvalue weighted by Gasteiger charge is 2.16. The second kappa shape index (κ2) is 6.58. The monoisotopic (exact) mass is 349 g/mol. The summed E-state index contributed by atoms with van der Waals surface area (Å²) in [5.74, 6) is 0.601. The van der Waals surface area contributed by atoms with Crippen LogP contribution in [0.15, 0.2) is 34.9 Å². The highest BCUT2D eigenvalue weighted by Crippen LogP contribution is 2.27. The molecule has 2 rings (SSSR count). The third kappa shape index (κ3) is 3.52. The van der Waals surface area contributed by atoms with Crippen LogP contribution >= 0.6 is 15.9 Å². The zero-order chi connectivity index (χ0) is 15.4. The zero-order valence-corrected chi connectivity index (χ0v) is 13.4. The lowest BCUT2D eigenvalue weighted by Gasteiger charge is -2.13. The number of aromatic nitrogens is 1. The minimum absolute atomic E-state index is 0.302. The predicted molar refractivity (Wildman–Crippen MR) is 86.7 cm³/mol. The molecule has 2 aromatic rings. The van der Waals surface area contributed by atoms with Gasteiger partial charge in [0.2, 0.25) is 0 Å². The van der Waals surface area contributed by atoms with Gasteiger partial charge in [-0.15, -0.1) is 0 Å². The molecule has 1 amide bonds. The van der Waals surface area contributed by atoms with Crippen molar-refractivity contribution in [1.29, 1.82) is 0 Å². The molecule has 0 unspecified atom stereocenters. The molecule has 0 fully saturated rings. The summed E-state index contributed by atoms with van der Waals surface area (Å²) in [4.78, 5) is 16.6. The fourth-order valence-electron chi connectivity index (χ4n) is 1.89. The fourth-order valence-corrected chi connectivity index (χ4v) is 2.33. The molecule has 0 spiro atoms. The van der Waals surface area contributed by atoms with Crippen LogP contribution in [0.1, 0.15) is 22.8 Å². The normalized spacial score (nSPS) is 10.2. The quantitative estimate of drug-likeness (QED) is 0.829. The van der Waals surface area contributed by atoms with Crippen molar-refractivity contribution in [3.63, 3.8) is 0 Å². The second-order valence-corrected chi connectivity index (χ2v) is 5.35. The van der Waals surface area contributed by atoms with Crippen molar-refractivity contribution in [2.75, 3.05) is 17.7 Å². The molecule has 0 saturated carbocycles. The number of nitrogens with one attached hydrogen (secondary N) is 1. The summed E-state index contributed by atoms with van der Waals surface area (Å²) < 4.78 is 6.32. The van der Waals surface area contributed by atoms with Gasteiger partial charge in [-0.25, -0.2) is 4.98 Å². The molecule has 1 aromatic carbocycles. The van der Waals surface area contributed by atoms with Crippen molar-refractivity contribution >= 4 is 33.3 Å². The van der Waals surface area contributed by atoms with Crippen LogP contribution in [-0.2, 0) is 0 Å². The fraction of sp³-hybridized carbons (Fsp3) is 0.200. The van der Waals surface area contributed by atoms with Gasteiger partial charge in [0.15, 0.2) is 5.75 Å². The molecule has 0 aliphatic carbocycles. The van der Waals surface area contributed by atoms with Gasteiger partial charge in [-0.2, -0.15) is 0 Å². The van der Waals surface area contributed by atoms with Gasteiger partial charge >= 0.3 is 0 Å². The molecule has 0 atom stereocenters. The molecule has 3 N–H and O–H groups in total. The van der Waals surface area contributed by atoms with Crippen LogP contribution in [0, 0.1) is 6.92 Å². The van der Waals surface area contributed by atoms with E-state index in [9.17, 15) is 4.79 Å². The van der Waals surface area contributed by atoms with Crippen molar-refractivity contribution < 1.29 is 9.53 Å². The number of nitrogen functional groups attached to an aromatic ring is 1. The van der Waals surface area contributed by atoms with E-state index >= 15 is 0 Å². The van der Waals surface area contributed by atoms with Gasteiger partial charge in [0, 0.05) is 10.7 Å². The van der Waals surface area contributed by atoms with E-state index in [4.69, 9.17) is 10.5 Å². The Hall–Kier alpha value is -2.08. The van der Waals surface area contributed by atoms with E-state index in [1.807, 2.05) is 19.9 Å². The molecule has 6 heteroatoms. The second-order valence-electron chi connectivity index (χ2n) is 4.43. The van der Waals surface area contributed by atoms with Crippen molar-refractivity contribution in [2.24, 2.45) is 0 Å². The Morgan fingerprint density at radius 3 is 2.90 bits per heavy atom. The third-order valence-corrected chi connectivity index (χ3v) is 3.29. The van der Waals surface area contributed by atoms with Crippen molar-refractivity contribution in [3.8, 4) is 5.75 Å². The largest absolute Gasteiger partial charge is 0.491 e. The van der Waals surface area contributed by atoms with Crippen molar-refractivity contribution in [3.05, 3.63) is 46.1 Å². The van der Waals surface area contributed by atoms with Crippen molar-refractivity contribution in [1.82, 2.24) is 4.98 Å². The maximum atomic E-state index is 12.4. The summed E-state index contributed by atoms with van der Waals surface area (Å²) in [6.07, 6.45) is 1.63. The van der Waals surface area contributed by atoms with Gasteiger partial charge in [0.25, 0.3) is 5.91 Å². The number of benzene rings is 1. The number of amides is 1. The molecule has 1 aromatic heterocycles. The summed E-state index contributed by atoms with van der Waals surface area (Å²) in [7, 11) is 0. The van der Waals surface area contributed by atoms with Gasteiger partial charge in [-0.1, -0.05) is 6.07 Å². The number of pyridine rings is 1. The van der Waals surface area contributed by atoms with E-state index in [1.54, 1.807) is 24.4 Å². The van der Waals surface area contributed by atoms with E-state index in [0.29, 0.717) is 29.4 Å². The summed E-state index contributed by atoms with van der Waals surface area (Å²) in [5, 5.41) is 2.77. The van der Waals surface area contributed by atoms with E-state index in [-0.39, 0.29) is 5.91 Å². The first-order chi connectivity index (χ1) is 10.0. The zero-order valence-electron chi connectivity index (χ0n) is 11.8. The number of carbonyl (C=O) groups is 1. The lowest BCUT2D eigenvalue weighted by atomic mass is 10.1.